The maximum Gasteiger partial charge on any atom is 0.387 e. The molecule has 1 aliphatic heterocycles. The molecule has 0 aromatic heterocycles. The Morgan fingerprint density at radius 1 is 1.08 bits per heavy atom. The Bertz CT molecular complexity index is 734. The number of hydrogen-bond acceptors (Lipinski definition) is 4. The van der Waals surface area contributed by atoms with Crippen molar-refractivity contribution < 1.29 is 23.0 Å². The molecule has 1 amide bonds. The summed E-state index contributed by atoms with van der Waals surface area (Å²) < 4.78 is 34.8. The van der Waals surface area contributed by atoms with Gasteiger partial charge in [0.05, 0.1) is 30.2 Å². The molecule has 0 unspecified atom stereocenters. The van der Waals surface area contributed by atoms with Crippen LogP contribution in [-0.4, -0.2) is 38.8 Å². The second kappa shape index (κ2) is 7.94. The number of para-hydroxylation sites is 3. The molecule has 7 heteroatoms. The number of anilines is 2. The van der Waals surface area contributed by atoms with Gasteiger partial charge in [0, 0.05) is 13.1 Å². The topological polar surface area (TPSA) is 50.8 Å². The van der Waals surface area contributed by atoms with Crippen LogP contribution >= 0.6 is 0 Å². The summed E-state index contributed by atoms with van der Waals surface area (Å²) in [6, 6.07) is 13.3. The van der Waals surface area contributed by atoms with Gasteiger partial charge in [-0.25, -0.2) is 0 Å². The van der Waals surface area contributed by atoms with E-state index >= 15 is 0 Å². The standard InChI is InChI=1S/C18H18F2N2O3/c19-18(20)25-16-8-4-1-5-13(16)17(23)21-14-6-2-3-7-15(14)22-9-11-24-12-10-22/h1-8,18H,9-12H2,(H,21,23). The summed E-state index contributed by atoms with van der Waals surface area (Å²) in [7, 11) is 0. The van der Waals surface area contributed by atoms with Crippen LogP contribution in [0.4, 0.5) is 20.2 Å². The Balaban J connectivity index is 1.82. The van der Waals surface area contributed by atoms with Crippen molar-refractivity contribution in [2.45, 2.75) is 6.61 Å². The number of rotatable bonds is 5. The number of hydrogen-bond donors (Lipinski definition) is 1. The van der Waals surface area contributed by atoms with Gasteiger partial charge < -0.3 is 19.7 Å². The second-order valence-corrected chi connectivity index (χ2v) is 5.45. The van der Waals surface area contributed by atoms with Crippen LogP contribution in [0.15, 0.2) is 48.5 Å². The van der Waals surface area contributed by atoms with Crippen LogP contribution in [0.2, 0.25) is 0 Å². The first-order valence-corrected chi connectivity index (χ1v) is 7.92. The molecule has 132 valence electrons. The van der Waals surface area contributed by atoms with Crippen molar-refractivity contribution in [3.63, 3.8) is 0 Å². The highest BCUT2D eigenvalue weighted by molar-refractivity contribution is 6.07. The van der Waals surface area contributed by atoms with Gasteiger partial charge in [0.1, 0.15) is 5.75 Å². The van der Waals surface area contributed by atoms with Gasteiger partial charge in [0.15, 0.2) is 0 Å². The molecule has 1 heterocycles. The minimum Gasteiger partial charge on any atom is -0.434 e. The molecule has 0 aliphatic carbocycles. The molecule has 1 N–H and O–H groups in total. The summed E-state index contributed by atoms with van der Waals surface area (Å²) in [4.78, 5) is 14.7. The molecular weight excluding hydrogens is 330 g/mol. The second-order valence-electron chi connectivity index (χ2n) is 5.45. The predicted molar refractivity (Wildman–Crippen MR) is 90.5 cm³/mol. The number of alkyl halides is 2. The van der Waals surface area contributed by atoms with Gasteiger partial charge in [-0.1, -0.05) is 24.3 Å². The lowest BCUT2D eigenvalue weighted by molar-refractivity contribution is -0.0501. The quantitative estimate of drug-likeness (QED) is 0.900. The van der Waals surface area contributed by atoms with Gasteiger partial charge in [-0.05, 0) is 24.3 Å². The lowest BCUT2D eigenvalue weighted by Crippen LogP contribution is -2.36. The van der Waals surface area contributed by atoms with E-state index in [1.54, 1.807) is 18.2 Å². The Morgan fingerprint density at radius 2 is 1.76 bits per heavy atom. The molecular formula is C18H18F2N2O3. The number of benzene rings is 2. The number of amides is 1. The minimum atomic E-state index is -2.99. The molecule has 3 rings (SSSR count). The highest BCUT2D eigenvalue weighted by Gasteiger charge is 2.19. The van der Waals surface area contributed by atoms with E-state index in [1.165, 1.54) is 18.2 Å². The van der Waals surface area contributed by atoms with Crippen LogP contribution in [-0.2, 0) is 4.74 Å². The average Bonchev–Trinajstić information content (AvgIpc) is 2.63. The van der Waals surface area contributed by atoms with Crippen molar-refractivity contribution in [3.05, 3.63) is 54.1 Å². The summed E-state index contributed by atoms with van der Waals surface area (Å²) in [5, 5.41) is 2.79. The molecule has 1 saturated heterocycles. The molecule has 1 aliphatic rings. The molecule has 1 fully saturated rings. The first-order valence-electron chi connectivity index (χ1n) is 7.92. The third kappa shape index (κ3) is 4.24. The molecule has 0 bridgehead atoms. The van der Waals surface area contributed by atoms with Gasteiger partial charge in [0.2, 0.25) is 0 Å². The number of morpholine rings is 1. The van der Waals surface area contributed by atoms with Crippen LogP contribution in [0, 0.1) is 0 Å². The van der Waals surface area contributed by atoms with E-state index in [4.69, 9.17) is 4.74 Å². The normalized spacial score (nSPS) is 14.4. The molecule has 5 nitrogen and oxygen atoms in total. The fraction of sp³-hybridized carbons (Fsp3) is 0.278. The average molecular weight is 348 g/mol. The Hall–Kier alpha value is -2.67. The van der Waals surface area contributed by atoms with Crippen molar-refractivity contribution in [1.29, 1.82) is 0 Å². The first-order chi connectivity index (χ1) is 12.1. The van der Waals surface area contributed by atoms with Crippen molar-refractivity contribution in [2.24, 2.45) is 0 Å². The fourth-order valence-corrected chi connectivity index (χ4v) is 2.70. The van der Waals surface area contributed by atoms with Crippen molar-refractivity contribution in [2.75, 3.05) is 36.5 Å². The first kappa shape index (κ1) is 17.2. The zero-order chi connectivity index (χ0) is 17.6. The largest absolute Gasteiger partial charge is 0.434 e. The van der Waals surface area contributed by atoms with E-state index in [0.717, 1.165) is 18.8 Å². The van der Waals surface area contributed by atoms with Crippen LogP contribution < -0.4 is 15.0 Å². The number of nitrogens with zero attached hydrogens (tertiary/aromatic N) is 1. The van der Waals surface area contributed by atoms with Crippen LogP contribution in [0.25, 0.3) is 0 Å². The van der Waals surface area contributed by atoms with Gasteiger partial charge >= 0.3 is 6.61 Å². The zero-order valence-electron chi connectivity index (χ0n) is 13.5. The lowest BCUT2D eigenvalue weighted by Gasteiger charge is -2.30. The molecule has 0 radical (unpaired) electrons. The minimum absolute atomic E-state index is 0.0552. The van der Waals surface area contributed by atoms with Crippen LogP contribution in [0.3, 0.4) is 0 Å². The Labute approximate surface area is 144 Å². The molecule has 0 atom stereocenters. The highest BCUT2D eigenvalue weighted by atomic mass is 19.3. The van der Waals surface area contributed by atoms with E-state index in [2.05, 4.69) is 15.0 Å². The van der Waals surface area contributed by atoms with Gasteiger partial charge in [-0.3, -0.25) is 4.79 Å². The van der Waals surface area contributed by atoms with E-state index in [0.29, 0.717) is 18.9 Å². The zero-order valence-corrected chi connectivity index (χ0v) is 13.5. The molecule has 0 saturated carbocycles. The summed E-state index contributed by atoms with van der Waals surface area (Å²) in [5.41, 5.74) is 1.53. The molecule has 2 aromatic carbocycles. The Kier molecular flexibility index (Phi) is 5.45. The number of carbonyl (C=O) groups is 1. The van der Waals surface area contributed by atoms with Crippen molar-refractivity contribution in [1.82, 2.24) is 0 Å². The van der Waals surface area contributed by atoms with Crippen LogP contribution in [0.5, 0.6) is 5.75 Å². The third-order valence-electron chi connectivity index (χ3n) is 3.85. The number of ether oxygens (including phenoxy) is 2. The van der Waals surface area contributed by atoms with Gasteiger partial charge in [-0.15, -0.1) is 0 Å². The smallest absolute Gasteiger partial charge is 0.387 e. The SMILES string of the molecule is O=C(Nc1ccccc1N1CCOCC1)c1ccccc1OC(F)F. The Morgan fingerprint density at radius 3 is 2.52 bits per heavy atom. The number of nitrogens with one attached hydrogen (secondary N) is 1. The fourth-order valence-electron chi connectivity index (χ4n) is 2.70. The summed E-state index contributed by atoms with van der Waals surface area (Å²) in [5.74, 6) is -0.657. The van der Waals surface area contributed by atoms with E-state index in [9.17, 15) is 13.6 Å². The monoisotopic (exact) mass is 348 g/mol. The van der Waals surface area contributed by atoms with E-state index in [-0.39, 0.29) is 11.3 Å². The maximum absolute atomic E-state index is 12.6. The number of carbonyl (C=O) groups excluding carboxylic acids is 1. The van der Waals surface area contributed by atoms with E-state index in [1.807, 2.05) is 12.1 Å². The van der Waals surface area contributed by atoms with Crippen LogP contribution in [0.1, 0.15) is 10.4 Å². The predicted octanol–water partition coefficient (Wildman–Crippen LogP) is 3.38. The summed E-state index contributed by atoms with van der Waals surface area (Å²) in [6.07, 6.45) is 0. The molecule has 0 spiro atoms. The lowest BCUT2D eigenvalue weighted by atomic mass is 10.1. The van der Waals surface area contributed by atoms with Crippen molar-refractivity contribution in [3.8, 4) is 5.75 Å². The summed E-state index contributed by atoms with van der Waals surface area (Å²) >= 11 is 0. The maximum atomic E-state index is 12.6. The van der Waals surface area contributed by atoms with Crippen molar-refractivity contribution >= 4 is 17.3 Å². The van der Waals surface area contributed by atoms with Gasteiger partial charge in [-0.2, -0.15) is 8.78 Å². The molecule has 2 aromatic rings. The summed E-state index contributed by atoms with van der Waals surface area (Å²) in [6.45, 7) is -0.314. The molecule has 25 heavy (non-hydrogen) atoms. The number of halogens is 2. The highest BCUT2D eigenvalue weighted by Crippen LogP contribution is 2.28. The third-order valence-corrected chi connectivity index (χ3v) is 3.85. The van der Waals surface area contributed by atoms with Gasteiger partial charge in [0.25, 0.3) is 5.91 Å². The van der Waals surface area contributed by atoms with E-state index < -0.39 is 12.5 Å².